The number of hydrogen-bond donors (Lipinski definition) is 1. The van der Waals surface area contributed by atoms with E-state index >= 15 is 0 Å². The minimum absolute atomic E-state index is 0.307. The van der Waals surface area contributed by atoms with E-state index in [1.54, 1.807) is 6.20 Å². The van der Waals surface area contributed by atoms with Gasteiger partial charge in [-0.3, -0.25) is 4.98 Å². The lowest BCUT2D eigenvalue weighted by atomic mass is 10.0. The molecule has 0 aliphatic carbocycles. The summed E-state index contributed by atoms with van der Waals surface area (Å²) in [5.74, 6) is 0.307. The Hall–Kier alpha value is -2.14. The second-order valence-electron chi connectivity index (χ2n) is 4.42. The van der Waals surface area contributed by atoms with E-state index < -0.39 is 0 Å². The summed E-state index contributed by atoms with van der Waals surface area (Å²) in [4.78, 5) is 4.29. The van der Waals surface area contributed by atoms with E-state index in [-0.39, 0.29) is 0 Å². The molecule has 1 aromatic carbocycles. The Balaban J connectivity index is 2.23. The van der Waals surface area contributed by atoms with Crippen LogP contribution in [-0.2, 0) is 0 Å². The van der Waals surface area contributed by atoms with Gasteiger partial charge in [0.1, 0.15) is 5.69 Å². The number of aryl methyl sites for hydroxylation is 1. The minimum Gasteiger partial charge on any atom is -0.367 e. The van der Waals surface area contributed by atoms with Crippen molar-refractivity contribution in [2.75, 3.05) is 5.73 Å². The highest BCUT2D eigenvalue weighted by molar-refractivity contribution is 9.10. The average Bonchev–Trinajstić information content (AvgIpc) is 2.81. The number of halogens is 1. The maximum Gasteiger partial charge on any atom is 0.230 e. The van der Waals surface area contributed by atoms with Crippen LogP contribution < -0.4 is 5.73 Å². The van der Waals surface area contributed by atoms with E-state index in [0.717, 1.165) is 26.9 Å². The molecule has 4 nitrogen and oxygen atoms in total. The van der Waals surface area contributed by atoms with Crippen molar-refractivity contribution >= 4 is 21.8 Å². The van der Waals surface area contributed by atoms with Crippen molar-refractivity contribution in [2.24, 2.45) is 0 Å². The van der Waals surface area contributed by atoms with Crippen molar-refractivity contribution in [3.63, 3.8) is 0 Å². The van der Waals surface area contributed by atoms with Crippen LogP contribution in [0.1, 0.15) is 5.69 Å². The van der Waals surface area contributed by atoms with Crippen LogP contribution >= 0.6 is 15.9 Å². The van der Waals surface area contributed by atoms with Crippen molar-refractivity contribution in [3.05, 3.63) is 52.8 Å². The molecule has 0 atom stereocenters. The monoisotopic (exact) mass is 329 g/mol. The van der Waals surface area contributed by atoms with Gasteiger partial charge in [-0.2, -0.15) is 0 Å². The number of nitrogens with zero attached hydrogens (tertiary/aromatic N) is 2. The van der Waals surface area contributed by atoms with Crippen molar-refractivity contribution in [2.45, 2.75) is 6.92 Å². The van der Waals surface area contributed by atoms with Crippen LogP contribution in [0.15, 0.2) is 51.6 Å². The summed E-state index contributed by atoms with van der Waals surface area (Å²) < 4.78 is 6.16. The van der Waals surface area contributed by atoms with Crippen LogP contribution in [0, 0.1) is 6.92 Å². The zero-order chi connectivity index (χ0) is 14.1. The first-order chi connectivity index (χ1) is 9.66. The molecule has 20 heavy (non-hydrogen) atoms. The van der Waals surface area contributed by atoms with Gasteiger partial charge in [0.2, 0.25) is 5.88 Å². The quantitative estimate of drug-likeness (QED) is 0.770. The number of rotatable bonds is 2. The first-order valence-electron chi connectivity index (χ1n) is 6.10. The van der Waals surface area contributed by atoms with Crippen LogP contribution in [0.2, 0.25) is 0 Å². The third-order valence-corrected chi connectivity index (χ3v) is 3.59. The van der Waals surface area contributed by atoms with E-state index in [4.69, 9.17) is 10.3 Å². The molecule has 0 fully saturated rings. The lowest BCUT2D eigenvalue weighted by molar-refractivity contribution is 0.439. The van der Waals surface area contributed by atoms with Crippen LogP contribution in [0.5, 0.6) is 0 Å². The molecule has 100 valence electrons. The van der Waals surface area contributed by atoms with Crippen LogP contribution in [0.3, 0.4) is 0 Å². The molecule has 0 amide bonds. The molecule has 0 radical (unpaired) electrons. The third-order valence-electron chi connectivity index (χ3n) is 3.09. The van der Waals surface area contributed by atoms with Crippen LogP contribution in [0.25, 0.3) is 22.4 Å². The summed E-state index contributed by atoms with van der Waals surface area (Å²) in [6.45, 7) is 1.94. The van der Waals surface area contributed by atoms with Crippen molar-refractivity contribution in [1.82, 2.24) is 10.1 Å². The molecule has 3 aromatic rings. The molecule has 2 aromatic heterocycles. The Bertz CT molecular complexity index is 767. The van der Waals surface area contributed by atoms with E-state index in [1.807, 2.05) is 43.3 Å². The highest BCUT2D eigenvalue weighted by atomic mass is 79.9. The van der Waals surface area contributed by atoms with E-state index in [1.165, 1.54) is 0 Å². The number of hydrogen-bond acceptors (Lipinski definition) is 4. The van der Waals surface area contributed by atoms with E-state index in [0.29, 0.717) is 11.6 Å². The molecule has 0 saturated heterocycles. The highest BCUT2D eigenvalue weighted by Crippen LogP contribution is 2.37. The molecule has 2 heterocycles. The van der Waals surface area contributed by atoms with Crippen LogP contribution in [-0.4, -0.2) is 10.1 Å². The molecule has 0 aliphatic rings. The first-order valence-corrected chi connectivity index (χ1v) is 6.89. The van der Waals surface area contributed by atoms with E-state index in [2.05, 4.69) is 26.1 Å². The normalized spacial score (nSPS) is 10.7. The molecular weight excluding hydrogens is 318 g/mol. The lowest BCUT2D eigenvalue weighted by Crippen LogP contribution is -1.91. The van der Waals surface area contributed by atoms with Crippen molar-refractivity contribution in [3.8, 4) is 22.4 Å². The van der Waals surface area contributed by atoms with Gasteiger partial charge in [-0.1, -0.05) is 33.2 Å². The van der Waals surface area contributed by atoms with Gasteiger partial charge >= 0.3 is 0 Å². The average molecular weight is 330 g/mol. The molecule has 0 bridgehead atoms. The summed E-state index contributed by atoms with van der Waals surface area (Å²) in [6, 6.07) is 11.7. The summed E-state index contributed by atoms with van der Waals surface area (Å²) in [7, 11) is 0. The zero-order valence-corrected chi connectivity index (χ0v) is 12.4. The molecular formula is C15H12BrN3O. The maximum atomic E-state index is 5.95. The molecule has 0 aliphatic heterocycles. The highest BCUT2D eigenvalue weighted by Gasteiger charge is 2.19. The second-order valence-corrected chi connectivity index (χ2v) is 5.33. The fourth-order valence-electron chi connectivity index (χ4n) is 2.14. The van der Waals surface area contributed by atoms with Gasteiger partial charge < -0.3 is 10.3 Å². The Labute approximate surface area is 124 Å². The molecule has 3 rings (SSSR count). The second kappa shape index (κ2) is 5.09. The Morgan fingerprint density at radius 3 is 2.80 bits per heavy atom. The standard InChI is InChI=1S/C15H12BrN3O/c1-9-12(6-3-7-18-9)14-13(15(17)20-19-14)10-4-2-5-11(16)8-10/h2-8H,17H2,1H3. The predicted molar refractivity (Wildman–Crippen MR) is 82.0 cm³/mol. The lowest BCUT2D eigenvalue weighted by Gasteiger charge is -2.05. The minimum atomic E-state index is 0.307. The summed E-state index contributed by atoms with van der Waals surface area (Å²) in [6.07, 6.45) is 1.75. The predicted octanol–water partition coefficient (Wildman–Crippen LogP) is 4.06. The Morgan fingerprint density at radius 2 is 2.05 bits per heavy atom. The molecule has 0 saturated carbocycles. The summed E-state index contributed by atoms with van der Waals surface area (Å²) >= 11 is 3.46. The van der Waals surface area contributed by atoms with Gasteiger partial charge in [-0.25, -0.2) is 0 Å². The largest absolute Gasteiger partial charge is 0.367 e. The molecule has 0 unspecified atom stereocenters. The van der Waals surface area contributed by atoms with Gasteiger partial charge in [-0.05, 0) is 36.8 Å². The third kappa shape index (κ3) is 2.20. The molecule has 5 heteroatoms. The number of pyridine rings is 1. The number of nitrogens with two attached hydrogens (primary N) is 1. The first kappa shape index (κ1) is 12.9. The maximum absolute atomic E-state index is 5.95. The summed E-state index contributed by atoms with van der Waals surface area (Å²) in [5.41, 5.74) is 10.2. The zero-order valence-electron chi connectivity index (χ0n) is 10.8. The van der Waals surface area contributed by atoms with Gasteiger partial charge in [0.15, 0.2) is 0 Å². The number of nitrogen functional groups attached to an aromatic ring is 1. The Kier molecular flexibility index (Phi) is 3.28. The van der Waals surface area contributed by atoms with Gasteiger partial charge in [0.25, 0.3) is 0 Å². The fourth-order valence-corrected chi connectivity index (χ4v) is 2.54. The fraction of sp³-hybridized carbons (Fsp3) is 0.0667. The van der Waals surface area contributed by atoms with Gasteiger partial charge in [0.05, 0.1) is 5.56 Å². The van der Waals surface area contributed by atoms with Gasteiger partial charge in [-0.15, -0.1) is 0 Å². The number of aromatic nitrogens is 2. The van der Waals surface area contributed by atoms with Crippen LogP contribution in [0.4, 0.5) is 5.88 Å². The van der Waals surface area contributed by atoms with E-state index in [9.17, 15) is 0 Å². The molecule has 0 spiro atoms. The number of anilines is 1. The van der Waals surface area contributed by atoms with Crippen molar-refractivity contribution < 1.29 is 4.52 Å². The smallest absolute Gasteiger partial charge is 0.230 e. The topological polar surface area (TPSA) is 64.9 Å². The SMILES string of the molecule is Cc1ncccc1-c1noc(N)c1-c1cccc(Br)c1. The Morgan fingerprint density at radius 1 is 1.20 bits per heavy atom. The summed E-state index contributed by atoms with van der Waals surface area (Å²) in [5, 5.41) is 4.10. The molecule has 2 N–H and O–H groups in total. The number of benzene rings is 1. The van der Waals surface area contributed by atoms with Gasteiger partial charge in [0, 0.05) is 21.9 Å². The van der Waals surface area contributed by atoms with Crippen molar-refractivity contribution in [1.29, 1.82) is 0 Å².